The SMILES string of the molecule is CCC1CCC(CN2CCCC[C@H]2CO)CC1. The van der Waals surface area contributed by atoms with Gasteiger partial charge in [0.25, 0.3) is 0 Å². The first-order valence-corrected chi connectivity index (χ1v) is 7.68. The summed E-state index contributed by atoms with van der Waals surface area (Å²) in [4.78, 5) is 2.57. The van der Waals surface area contributed by atoms with Crippen molar-refractivity contribution in [3.8, 4) is 0 Å². The topological polar surface area (TPSA) is 23.5 Å². The van der Waals surface area contributed by atoms with Crippen molar-refractivity contribution in [2.24, 2.45) is 11.8 Å². The summed E-state index contributed by atoms with van der Waals surface area (Å²) in [5.41, 5.74) is 0. The lowest BCUT2D eigenvalue weighted by molar-refractivity contribution is 0.0660. The normalized spacial score (nSPS) is 36.0. The first kappa shape index (κ1) is 13.4. The van der Waals surface area contributed by atoms with Crippen molar-refractivity contribution in [2.45, 2.75) is 64.3 Å². The number of nitrogens with zero attached hydrogens (tertiary/aromatic N) is 1. The van der Waals surface area contributed by atoms with Crippen molar-refractivity contribution in [3.63, 3.8) is 0 Å². The fourth-order valence-electron chi connectivity index (χ4n) is 3.66. The second-order valence-electron chi connectivity index (χ2n) is 6.12. The predicted octanol–water partition coefficient (Wildman–Crippen LogP) is 3.05. The third-order valence-corrected chi connectivity index (χ3v) is 5.00. The van der Waals surface area contributed by atoms with Gasteiger partial charge in [0.1, 0.15) is 0 Å². The number of hydrogen-bond donors (Lipinski definition) is 1. The van der Waals surface area contributed by atoms with Crippen LogP contribution in [0.25, 0.3) is 0 Å². The van der Waals surface area contributed by atoms with Gasteiger partial charge < -0.3 is 5.11 Å². The zero-order chi connectivity index (χ0) is 12.1. The number of hydrogen-bond acceptors (Lipinski definition) is 2. The quantitative estimate of drug-likeness (QED) is 0.815. The maximum atomic E-state index is 9.43. The van der Waals surface area contributed by atoms with Gasteiger partial charge in [0.15, 0.2) is 0 Å². The van der Waals surface area contributed by atoms with E-state index in [2.05, 4.69) is 11.8 Å². The van der Waals surface area contributed by atoms with Crippen LogP contribution in [0, 0.1) is 11.8 Å². The molecule has 0 amide bonds. The molecular formula is C15H29NO. The van der Waals surface area contributed by atoms with Gasteiger partial charge in [-0.05, 0) is 44.1 Å². The highest BCUT2D eigenvalue weighted by Gasteiger charge is 2.26. The maximum Gasteiger partial charge on any atom is 0.0586 e. The van der Waals surface area contributed by atoms with Crippen molar-refractivity contribution in [2.75, 3.05) is 19.7 Å². The zero-order valence-corrected chi connectivity index (χ0v) is 11.4. The lowest BCUT2D eigenvalue weighted by atomic mass is 9.80. The van der Waals surface area contributed by atoms with E-state index < -0.39 is 0 Å². The molecule has 100 valence electrons. The molecule has 1 aliphatic heterocycles. The molecule has 1 heterocycles. The van der Waals surface area contributed by atoms with Crippen molar-refractivity contribution in [3.05, 3.63) is 0 Å². The molecule has 1 saturated heterocycles. The third kappa shape index (κ3) is 3.69. The van der Waals surface area contributed by atoms with Crippen molar-refractivity contribution in [1.82, 2.24) is 4.90 Å². The molecule has 0 spiro atoms. The van der Waals surface area contributed by atoms with Crippen LogP contribution in [0.4, 0.5) is 0 Å². The minimum atomic E-state index is 0.365. The molecule has 2 nitrogen and oxygen atoms in total. The van der Waals surface area contributed by atoms with Gasteiger partial charge >= 0.3 is 0 Å². The highest BCUT2D eigenvalue weighted by molar-refractivity contribution is 4.80. The van der Waals surface area contributed by atoms with Crippen LogP contribution in [0.5, 0.6) is 0 Å². The van der Waals surface area contributed by atoms with Crippen LogP contribution in [0.1, 0.15) is 58.3 Å². The van der Waals surface area contributed by atoms with Crippen LogP contribution in [-0.2, 0) is 0 Å². The van der Waals surface area contributed by atoms with E-state index in [1.807, 2.05) is 0 Å². The van der Waals surface area contributed by atoms with Crippen LogP contribution in [0.2, 0.25) is 0 Å². The summed E-state index contributed by atoms with van der Waals surface area (Å²) in [7, 11) is 0. The van der Waals surface area contributed by atoms with Gasteiger partial charge in [0, 0.05) is 12.6 Å². The van der Waals surface area contributed by atoms with Gasteiger partial charge in [0.2, 0.25) is 0 Å². The number of rotatable bonds is 4. The Morgan fingerprint density at radius 3 is 2.35 bits per heavy atom. The average Bonchev–Trinajstić information content (AvgIpc) is 2.40. The van der Waals surface area contributed by atoms with Gasteiger partial charge in [-0.1, -0.05) is 32.6 Å². The van der Waals surface area contributed by atoms with Gasteiger partial charge in [-0.25, -0.2) is 0 Å². The Kier molecular flexibility index (Phi) is 5.30. The van der Waals surface area contributed by atoms with Crippen LogP contribution < -0.4 is 0 Å². The van der Waals surface area contributed by atoms with Crippen LogP contribution in [-0.4, -0.2) is 35.7 Å². The monoisotopic (exact) mass is 239 g/mol. The van der Waals surface area contributed by atoms with Crippen LogP contribution in [0.15, 0.2) is 0 Å². The van der Waals surface area contributed by atoms with Gasteiger partial charge in [-0.3, -0.25) is 4.90 Å². The standard InChI is InChI=1S/C15H29NO/c1-2-13-6-8-14(9-7-13)11-16-10-4-3-5-15(16)12-17/h13-15,17H,2-12H2,1H3/t13?,14?,15-/m0/s1. The number of likely N-dealkylation sites (tertiary alicyclic amines) is 1. The second kappa shape index (κ2) is 6.75. The Bertz CT molecular complexity index is 211. The van der Waals surface area contributed by atoms with E-state index in [9.17, 15) is 5.11 Å². The zero-order valence-electron chi connectivity index (χ0n) is 11.4. The number of piperidine rings is 1. The lowest BCUT2D eigenvalue weighted by Crippen LogP contribution is -2.44. The summed E-state index contributed by atoms with van der Waals surface area (Å²) in [6.07, 6.45) is 11.0. The Hall–Kier alpha value is -0.0800. The first-order valence-electron chi connectivity index (χ1n) is 7.68. The van der Waals surface area contributed by atoms with E-state index in [1.165, 1.54) is 64.5 Å². The van der Waals surface area contributed by atoms with Gasteiger partial charge in [0.05, 0.1) is 6.61 Å². The van der Waals surface area contributed by atoms with Crippen LogP contribution in [0.3, 0.4) is 0 Å². The third-order valence-electron chi connectivity index (χ3n) is 5.00. The van der Waals surface area contributed by atoms with E-state index in [-0.39, 0.29) is 0 Å². The minimum Gasteiger partial charge on any atom is -0.395 e. The van der Waals surface area contributed by atoms with Crippen molar-refractivity contribution >= 4 is 0 Å². The molecule has 0 aromatic heterocycles. The second-order valence-corrected chi connectivity index (χ2v) is 6.12. The molecule has 0 unspecified atom stereocenters. The Balaban J connectivity index is 1.76. The molecule has 1 saturated carbocycles. The smallest absolute Gasteiger partial charge is 0.0586 e. The number of aliphatic hydroxyl groups is 1. The molecule has 2 aliphatic rings. The molecule has 0 radical (unpaired) electrons. The summed E-state index contributed by atoms with van der Waals surface area (Å²) in [5, 5.41) is 9.43. The largest absolute Gasteiger partial charge is 0.395 e. The molecule has 1 N–H and O–H groups in total. The fourth-order valence-corrected chi connectivity index (χ4v) is 3.66. The molecule has 2 fully saturated rings. The lowest BCUT2D eigenvalue weighted by Gasteiger charge is -2.38. The first-order chi connectivity index (χ1) is 8.33. The van der Waals surface area contributed by atoms with E-state index in [1.54, 1.807) is 0 Å². The molecule has 1 aliphatic carbocycles. The van der Waals surface area contributed by atoms with Crippen molar-refractivity contribution in [1.29, 1.82) is 0 Å². The average molecular weight is 239 g/mol. The van der Waals surface area contributed by atoms with Gasteiger partial charge in [-0.2, -0.15) is 0 Å². The van der Waals surface area contributed by atoms with Crippen LogP contribution >= 0.6 is 0 Å². The summed E-state index contributed by atoms with van der Waals surface area (Å²) in [5.74, 6) is 1.91. The molecule has 0 aromatic carbocycles. The number of aliphatic hydroxyl groups excluding tert-OH is 1. The molecule has 2 rings (SSSR count). The predicted molar refractivity (Wildman–Crippen MR) is 72.0 cm³/mol. The molecule has 17 heavy (non-hydrogen) atoms. The summed E-state index contributed by atoms with van der Waals surface area (Å²) >= 11 is 0. The summed E-state index contributed by atoms with van der Waals surface area (Å²) in [6, 6.07) is 0.465. The Morgan fingerprint density at radius 1 is 1.00 bits per heavy atom. The molecule has 0 aromatic rings. The molecule has 2 heteroatoms. The van der Waals surface area contributed by atoms with E-state index in [4.69, 9.17) is 0 Å². The Labute approximate surface area is 106 Å². The van der Waals surface area contributed by atoms with Gasteiger partial charge in [-0.15, -0.1) is 0 Å². The minimum absolute atomic E-state index is 0.365. The fraction of sp³-hybridized carbons (Fsp3) is 1.00. The van der Waals surface area contributed by atoms with E-state index >= 15 is 0 Å². The molecule has 0 bridgehead atoms. The van der Waals surface area contributed by atoms with E-state index in [0.29, 0.717) is 12.6 Å². The maximum absolute atomic E-state index is 9.43. The van der Waals surface area contributed by atoms with Crippen molar-refractivity contribution < 1.29 is 5.11 Å². The Morgan fingerprint density at radius 2 is 1.71 bits per heavy atom. The molecule has 1 atom stereocenters. The molecular weight excluding hydrogens is 210 g/mol. The summed E-state index contributed by atoms with van der Waals surface area (Å²) in [6.45, 7) is 5.17. The van der Waals surface area contributed by atoms with E-state index in [0.717, 1.165) is 11.8 Å². The highest BCUT2D eigenvalue weighted by atomic mass is 16.3. The summed E-state index contributed by atoms with van der Waals surface area (Å²) < 4.78 is 0. The highest BCUT2D eigenvalue weighted by Crippen LogP contribution is 2.32.